The lowest BCUT2D eigenvalue weighted by atomic mass is 10.1. The molecule has 0 spiro atoms. The SMILES string of the molecule is C[C@@](O)(COc1ccc(C#N)cc1)C(=O)Nc1ccc(C#N)c(I)c1. The number of halogens is 1. The first-order valence-electron chi connectivity index (χ1n) is 7.22. The highest BCUT2D eigenvalue weighted by Gasteiger charge is 2.31. The van der Waals surface area contributed by atoms with Crippen LogP contribution in [0.4, 0.5) is 5.69 Å². The Balaban J connectivity index is 2.00. The minimum atomic E-state index is -1.76. The number of aliphatic hydroxyl groups is 1. The fourth-order valence-corrected chi connectivity index (χ4v) is 2.50. The van der Waals surface area contributed by atoms with Crippen molar-refractivity contribution < 1.29 is 14.6 Å². The van der Waals surface area contributed by atoms with Crippen LogP contribution in [0.3, 0.4) is 0 Å². The summed E-state index contributed by atoms with van der Waals surface area (Å²) in [5.41, 5.74) is -0.276. The minimum Gasteiger partial charge on any atom is -0.490 e. The Kier molecular flexibility index (Phi) is 5.97. The zero-order valence-corrected chi connectivity index (χ0v) is 15.4. The number of amides is 1. The third-order valence-electron chi connectivity index (χ3n) is 3.34. The van der Waals surface area contributed by atoms with Gasteiger partial charge >= 0.3 is 0 Å². The molecule has 0 saturated heterocycles. The van der Waals surface area contributed by atoms with E-state index in [1.807, 2.05) is 34.7 Å². The molecule has 2 rings (SSSR count). The number of nitrogens with zero attached hydrogens (tertiary/aromatic N) is 2. The third kappa shape index (κ3) is 4.92. The van der Waals surface area contributed by atoms with E-state index in [1.54, 1.807) is 42.5 Å². The molecule has 2 aromatic rings. The van der Waals surface area contributed by atoms with Crippen LogP contribution in [0.25, 0.3) is 0 Å². The van der Waals surface area contributed by atoms with Gasteiger partial charge in [-0.3, -0.25) is 4.79 Å². The highest BCUT2D eigenvalue weighted by molar-refractivity contribution is 14.1. The van der Waals surface area contributed by atoms with E-state index in [1.165, 1.54) is 6.92 Å². The highest BCUT2D eigenvalue weighted by atomic mass is 127. The van der Waals surface area contributed by atoms with Gasteiger partial charge in [-0.1, -0.05) is 0 Å². The lowest BCUT2D eigenvalue weighted by Crippen LogP contribution is -2.45. The second kappa shape index (κ2) is 7.97. The maximum absolute atomic E-state index is 12.3. The maximum Gasteiger partial charge on any atom is 0.259 e. The van der Waals surface area contributed by atoms with Crippen LogP contribution in [0.2, 0.25) is 0 Å². The number of benzene rings is 2. The minimum absolute atomic E-state index is 0.252. The summed E-state index contributed by atoms with van der Waals surface area (Å²) in [6.45, 7) is 1.10. The summed E-state index contributed by atoms with van der Waals surface area (Å²) in [6, 6.07) is 15.2. The van der Waals surface area contributed by atoms with E-state index >= 15 is 0 Å². The quantitative estimate of drug-likeness (QED) is 0.686. The Morgan fingerprint density at radius 1 is 1.24 bits per heavy atom. The first-order chi connectivity index (χ1) is 11.9. The molecule has 0 bridgehead atoms. The van der Waals surface area contributed by atoms with Crippen molar-refractivity contribution in [2.75, 3.05) is 11.9 Å². The van der Waals surface area contributed by atoms with Gasteiger partial charge in [0.25, 0.3) is 5.91 Å². The number of anilines is 1. The predicted molar refractivity (Wildman–Crippen MR) is 99.8 cm³/mol. The van der Waals surface area contributed by atoms with Crippen molar-refractivity contribution in [3.63, 3.8) is 0 Å². The van der Waals surface area contributed by atoms with Gasteiger partial charge in [0.05, 0.1) is 17.2 Å². The Morgan fingerprint density at radius 3 is 2.48 bits per heavy atom. The van der Waals surface area contributed by atoms with E-state index in [9.17, 15) is 9.90 Å². The summed E-state index contributed by atoms with van der Waals surface area (Å²) in [5, 5.41) is 30.6. The van der Waals surface area contributed by atoms with E-state index in [-0.39, 0.29) is 6.61 Å². The van der Waals surface area contributed by atoms with Crippen LogP contribution in [0.1, 0.15) is 18.1 Å². The highest BCUT2D eigenvalue weighted by Crippen LogP contribution is 2.19. The van der Waals surface area contributed by atoms with E-state index in [2.05, 4.69) is 5.32 Å². The average Bonchev–Trinajstić information content (AvgIpc) is 2.60. The molecular weight excluding hydrogens is 433 g/mol. The van der Waals surface area contributed by atoms with Crippen LogP contribution in [0.5, 0.6) is 5.75 Å². The summed E-state index contributed by atoms with van der Waals surface area (Å²) >= 11 is 2.00. The van der Waals surface area contributed by atoms with Crippen LogP contribution >= 0.6 is 22.6 Å². The summed E-state index contributed by atoms with van der Waals surface area (Å²) in [6.07, 6.45) is 0. The second-order valence-corrected chi connectivity index (χ2v) is 6.62. The van der Waals surface area contributed by atoms with Crippen LogP contribution in [0, 0.1) is 26.2 Å². The molecule has 1 amide bonds. The van der Waals surface area contributed by atoms with Gasteiger partial charge in [-0.2, -0.15) is 10.5 Å². The molecule has 0 aliphatic carbocycles. The number of nitrogens with one attached hydrogen (secondary N) is 1. The molecule has 0 aliphatic rings. The molecule has 1 atom stereocenters. The van der Waals surface area contributed by atoms with Crippen molar-refractivity contribution in [1.82, 2.24) is 0 Å². The van der Waals surface area contributed by atoms with Crippen molar-refractivity contribution in [3.05, 3.63) is 57.2 Å². The van der Waals surface area contributed by atoms with Crippen LogP contribution < -0.4 is 10.1 Å². The zero-order valence-electron chi connectivity index (χ0n) is 13.3. The topological polar surface area (TPSA) is 106 Å². The van der Waals surface area contributed by atoms with Crippen molar-refractivity contribution in [1.29, 1.82) is 10.5 Å². The standard InChI is InChI=1S/C18H14IN3O3/c1-18(24,11-25-15-6-2-12(9-20)3-7-15)17(23)22-14-5-4-13(10-21)16(19)8-14/h2-8,24H,11H2,1H3,(H,22,23)/t18-/m1/s1. The molecular formula is C18H14IN3O3. The Hall–Kier alpha value is -2.62. The predicted octanol–water partition coefficient (Wildman–Crippen LogP) is 2.80. The first-order valence-corrected chi connectivity index (χ1v) is 8.30. The third-order valence-corrected chi connectivity index (χ3v) is 4.23. The molecule has 0 aliphatic heterocycles. The van der Waals surface area contributed by atoms with Crippen LogP contribution in [0.15, 0.2) is 42.5 Å². The molecule has 0 fully saturated rings. The van der Waals surface area contributed by atoms with Gasteiger partial charge < -0.3 is 15.2 Å². The molecule has 0 saturated carbocycles. The molecule has 25 heavy (non-hydrogen) atoms. The molecule has 6 nitrogen and oxygen atoms in total. The Morgan fingerprint density at radius 2 is 1.92 bits per heavy atom. The van der Waals surface area contributed by atoms with Crippen molar-refractivity contribution in [2.45, 2.75) is 12.5 Å². The summed E-state index contributed by atoms with van der Waals surface area (Å²) in [5.74, 6) is -0.179. The number of rotatable bonds is 5. The fourth-order valence-electron chi connectivity index (χ4n) is 1.86. The van der Waals surface area contributed by atoms with Gasteiger partial charge in [-0.05, 0) is 72.0 Å². The van der Waals surface area contributed by atoms with E-state index in [0.29, 0.717) is 26.1 Å². The zero-order chi connectivity index (χ0) is 18.4. The number of carbonyl (C=O) groups is 1. The Labute approximate surface area is 158 Å². The maximum atomic E-state index is 12.3. The monoisotopic (exact) mass is 447 g/mol. The van der Waals surface area contributed by atoms with Crippen LogP contribution in [-0.2, 0) is 4.79 Å². The van der Waals surface area contributed by atoms with Crippen molar-refractivity contribution in [3.8, 4) is 17.9 Å². The van der Waals surface area contributed by atoms with Crippen molar-refractivity contribution >= 4 is 34.2 Å². The summed E-state index contributed by atoms with van der Waals surface area (Å²) in [7, 11) is 0. The largest absolute Gasteiger partial charge is 0.490 e. The van der Waals surface area contributed by atoms with Crippen molar-refractivity contribution in [2.24, 2.45) is 0 Å². The number of carbonyl (C=O) groups excluding carboxylic acids is 1. The average molecular weight is 447 g/mol. The van der Waals surface area contributed by atoms with Gasteiger partial charge in [0.15, 0.2) is 5.60 Å². The molecule has 0 heterocycles. The molecule has 126 valence electrons. The number of hydrogen-bond donors (Lipinski definition) is 2. The number of ether oxygens (including phenoxy) is 1. The summed E-state index contributed by atoms with van der Waals surface area (Å²) < 4.78 is 6.12. The second-order valence-electron chi connectivity index (χ2n) is 5.46. The lowest BCUT2D eigenvalue weighted by molar-refractivity contribution is -0.135. The molecule has 0 radical (unpaired) electrons. The van der Waals surface area contributed by atoms with Gasteiger partial charge in [0.1, 0.15) is 18.4 Å². The Bertz CT molecular complexity index is 865. The van der Waals surface area contributed by atoms with Gasteiger partial charge in [-0.25, -0.2) is 0 Å². The van der Waals surface area contributed by atoms with E-state index in [4.69, 9.17) is 15.3 Å². The molecule has 0 unspecified atom stereocenters. The number of hydrogen-bond acceptors (Lipinski definition) is 5. The molecule has 2 N–H and O–H groups in total. The van der Waals surface area contributed by atoms with E-state index in [0.717, 1.165) is 0 Å². The van der Waals surface area contributed by atoms with Gasteiger partial charge in [0.2, 0.25) is 0 Å². The van der Waals surface area contributed by atoms with E-state index < -0.39 is 11.5 Å². The first kappa shape index (κ1) is 18.7. The molecule has 2 aromatic carbocycles. The molecule has 0 aromatic heterocycles. The molecule has 7 heteroatoms. The van der Waals surface area contributed by atoms with Gasteiger partial charge in [0, 0.05) is 9.26 Å². The van der Waals surface area contributed by atoms with Crippen LogP contribution in [-0.4, -0.2) is 23.2 Å². The van der Waals surface area contributed by atoms with Gasteiger partial charge in [-0.15, -0.1) is 0 Å². The fraction of sp³-hybridized carbons (Fsp3) is 0.167. The lowest BCUT2D eigenvalue weighted by Gasteiger charge is -2.22. The smallest absolute Gasteiger partial charge is 0.259 e. The normalized spacial score (nSPS) is 12.4. The number of nitriles is 2. The summed E-state index contributed by atoms with van der Waals surface area (Å²) in [4.78, 5) is 12.3.